The summed E-state index contributed by atoms with van der Waals surface area (Å²) in [5.41, 5.74) is 0.0751. The van der Waals surface area contributed by atoms with Crippen molar-refractivity contribution in [3.05, 3.63) is 65.2 Å². The van der Waals surface area contributed by atoms with Gasteiger partial charge in [-0.3, -0.25) is 19.6 Å². The lowest BCUT2D eigenvalue weighted by Gasteiger charge is -2.36. The number of halogens is 2. The Bertz CT molecular complexity index is 1190. The van der Waals surface area contributed by atoms with Crippen LogP contribution in [-0.4, -0.2) is 48.0 Å². The van der Waals surface area contributed by atoms with Crippen molar-refractivity contribution in [3.8, 4) is 29.4 Å². The van der Waals surface area contributed by atoms with E-state index >= 15 is 0 Å². The van der Waals surface area contributed by atoms with Gasteiger partial charge in [0.15, 0.2) is 0 Å². The van der Waals surface area contributed by atoms with Crippen LogP contribution in [0.5, 0.6) is 5.75 Å². The maximum Gasteiger partial charge on any atom is 0.268 e. The van der Waals surface area contributed by atoms with Crippen molar-refractivity contribution in [1.82, 2.24) is 16.1 Å². The third-order valence-corrected chi connectivity index (χ3v) is 4.86. The zero-order valence-electron chi connectivity index (χ0n) is 19.1. The average molecular weight is 483 g/mol. The summed E-state index contributed by atoms with van der Waals surface area (Å²) in [5.74, 6) is 8.73. The molecule has 2 aromatic rings. The number of hydrogen-bond donors (Lipinski definition) is 4. The van der Waals surface area contributed by atoms with E-state index in [-0.39, 0.29) is 5.56 Å². The Balaban J connectivity index is 2.15. The predicted octanol–water partition coefficient (Wildman–Crippen LogP) is 1.86. The second-order valence-electron chi connectivity index (χ2n) is 7.45. The summed E-state index contributed by atoms with van der Waals surface area (Å²) < 4.78 is 32.5. The molecule has 0 fully saturated rings. The van der Waals surface area contributed by atoms with Gasteiger partial charge in [-0.1, -0.05) is 11.8 Å². The number of rotatable bonds is 7. The van der Waals surface area contributed by atoms with Crippen LogP contribution in [0.1, 0.15) is 35.3 Å². The van der Waals surface area contributed by atoms with E-state index in [1.165, 1.54) is 29.7 Å². The van der Waals surface area contributed by atoms with Crippen LogP contribution in [0.3, 0.4) is 0 Å². The van der Waals surface area contributed by atoms with E-state index in [1.54, 1.807) is 31.4 Å². The predicted molar refractivity (Wildman–Crippen MR) is 123 cm³/mol. The summed E-state index contributed by atoms with van der Waals surface area (Å²) >= 11 is 0. The molecule has 0 saturated carbocycles. The molecule has 0 aliphatic rings. The molecule has 8 nitrogen and oxygen atoms in total. The number of ether oxygens (including phenoxy) is 1. The molecule has 0 aromatic heterocycles. The fourth-order valence-corrected chi connectivity index (χ4v) is 2.98. The Morgan fingerprint density at radius 1 is 0.971 bits per heavy atom. The normalized spacial score (nSPS) is 12.5. The molecule has 35 heavy (non-hydrogen) atoms. The van der Waals surface area contributed by atoms with Gasteiger partial charge >= 0.3 is 0 Å². The average Bonchev–Trinajstić information content (AvgIpc) is 2.84. The zero-order valence-corrected chi connectivity index (χ0v) is 19.1. The van der Waals surface area contributed by atoms with E-state index in [2.05, 4.69) is 29.0 Å². The number of hydrogen-bond acceptors (Lipinski definition) is 5. The van der Waals surface area contributed by atoms with Gasteiger partial charge in [0.2, 0.25) is 5.91 Å². The first kappa shape index (κ1) is 26.8. The number of methoxy groups -OCH3 is 1. The molecule has 0 heterocycles. The molecule has 0 aliphatic carbocycles. The van der Waals surface area contributed by atoms with Crippen LogP contribution in [0, 0.1) is 23.7 Å². The number of amides is 3. The van der Waals surface area contributed by atoms with Gasteiger partial charge in [0.1, 0.15) is 17.3 Å². The first-order valence-electron chi connectivity index (χ1n) is 10.2. The second kappa shape index (κ2) is 12.2. The Morgan fingerprint density at radius 2 is 1.49 bits per heavy atom. The van der Waals surface area contributed by atoms with E-state index in [9.17, 15) is 23.2 Å². The fraction of sp³-hybridized carbons (Fsp3) is 0.240. The Kier molecular flexibility index (Phi) is 9.33. The van der Waals surface area contributed by atoms with Crippen molar-refractivity contribution < 1.29 is 33.1 Å². The summed E-state index contributed by atoms with van der Waals surface area (Å²) in [7, 11) is 1.57. The highest BCUT2D eigenvalue weighted by molar-refractivity contribution is 5.98. The summed E-state index contributed by atoms with van der Waals surface area (Å²) in [5, 5.41) is 13.1. The second-order valence-corrected chi connectivity index (χ2v) is 7.45. The van der Waals surface area contributed by atoms with Gasteiger partial charge in [-0.2, -0.15) is 0 Å². The number of carbonyl (C=O) groups is 3. The molecule has 3 amide bonds. The standard InChI is InChI=1S/C25H23F2N3O5/c1-16(31)29-25(2,24(26)27)21(23(33)30-34)28-22(32)19-12-8-17(9-13-19)6-4-5-7-18-10-14-20(35-3)15-11-18/h8-15,21,24,34H,1-3H3,(H,28,32)(H,29,31)(H,30,33). The van der Waals surface area contributed by atoms with Crippen molar-refractivity contribution in [2.75, 3.05) is 7.11 Å². The number of benzene rings is 2. The SMILES string of the molecule is COc1ccc(C#CC#Cc2ccc(C(=O)NC(C(=O)NO)C(C)(NC(C)=O)C(F)F)cc2)cc1. The van der Waals surface area contributed by atoms with Crippen molar-refractivity contribution >= 4 is 17.7 Å². The molecular formula is C25H23F2N3O5. The summed E-state index contributed by atoms with van der Waals surface area (Å²) in [6.45, 7) is 1.86. The van der Waals surface area contributed by atoms with E-state index in [1.807, 2.05) is 5.32 Å². The van der Waals surface area contributed by atoms with Crippen LogP contribution >= 0.6 is 0 Å². The minimum absolute atomic E-state index is 0.0371. The van der Waals surface area contributed by atoms with Crippen LogP contribution in [0.15, 0.2) is 48.5 Å². The van der Waals surface area contributed by atoms with E-state index in [4.69, 9.17) is 9.94 Å². The lowest BCUT2D eigenvalue weighted by Crippen LogP contribution is -2.68. The topological polar surface area (TPSA) is 117 Å². The molecule has 2 atom stereocenters. The smallest absolute Gasteiger partial charge is 0.268 e. The van der Waals surface area contributed by atoms with Crippen molar-refractivity contribution in [1.29, 1.82) is 0 Å². The third-order valence-electron chi connectivity index (χ3n) is 4.86. The molecule has 0 spiro atoms. The maximum absolute atomic E-state index is 13.7. The van der Waals surface area contributed by atoms with Crippen LogP contribution in [0.25, 0.3) is 0 Å². The van der Waals surface area contributed by atoms with Gasteiger partial charge < -0.3 is 15.4 Å². The molecule has 0 aliphatic heterocycles. The number of carbonyl (C=O) groups excluding carboxylic acids is 3. The quantitative estimate of drug-likeness (QED) is 0.273. The van der Waals surface area contributed by atoms with Crippen molar-refractivity contribution in [2.45, 2.75) is 31.9 Å². The zero-order chi connectivity index (χ0) is 26.0. The number of alkyl halides is 2. The number of nitrogens with one attached hydrogen (secondary N) is 3. The third kappa shape index (κ3) is 7.29. The van der Waals surface area contributed by atoms with Crippen LogP contribution in [-0.2, 0) is 9.59 Å². The van der Waals surface area contributed by atoms with E-state index in [0.29, 0.717) is 11.3 Å². The van der Waals surface area contributed by atoms with Gasteiger partial charge in [0, 0.05) is 23.6 Å². The summed E-state index contributed by atoms with van der Waals surface area (Å²) in [6.07, 6.45) is -3.24. The minimum atomic E-state index is -3.24. The maximum atomic E-state index is 13.7. The van der Waals surface area contributed by atoms with Crippen LogP contribution in [0.2, 0.25) is 0 Å². The first-order valence-corrected chi connectivity index (χ1v) is 10.2. The van der Waals surface area contributed by atoms with E-state index in [0.717, 1.165) is 19.4 Å². The molecule has 0 radical (unpaired) electrons. The van der Waals surface area contributed by atoms with Gasteiger partial charge in [-0.15, -0.1) is 0 Å². The molecule has 2 rings (SSSR count). The van der Waals surface area contributed by atoms with Gasteiger partial charge in [-0.05, 0) is 67.3 Å². The fourth-order valence-electron chi connectivity index (χ4n) is 2.98. The molecule has 2 aromatic carbocycles. The summed E-state index contributed by atoms with van der Waals surface area (Å²) in [4.78, 5) is 36.1. The lowest BCUT2D eigenvalue weighted by atomic mass is 9.91. The number of hydroxylamine groups is 1. The molecule has 2 unspecified atom stereocenters. The molecular weight excluding hydrogens is 460 g/mol. The largest absolute Gasteiger partial charge is 0.497 e. The molecule has 4 N–H and O–H groups in total. The molecule has 182 valence electrons. The van der Waals surface area contributed by atoms with Crippen LogP contribution in [0.4, 0.5) is 8.78 Å². The Hall–Kier alpha value is -4.41. The highest BCUT2D eigenvalue weighted by Crippen LogP contribution is 2.21. The van der Waals surface area contributed by atoms with Crippen LogP contribution < -0.4 is 20.9 Å². The van der Waals surface area contributed by atoms with Crippen molar-refractivity contribution in [3.63, 3.8) is 0 Å². The monoisotopic (exact) mass is 483 g/mol. The van der Waals surface area contributed by atoms with Crippen molar-refractivity contribution in [2.24, 2.45) is 0 Å². The minimum Gasteiger partial charge on any atom is -0.497 e. The Morgan fingerprint density at radius 3 is 1.91 bits per heavy atom. The lowest BCUT2D eigenvalue weighted by molar-refractivity contribution is -0.137. The summed E-state index contributed by atoms with van der Waals surface area (Å²) in [6, 6.07) is 10.9. The van der Waals surface area contributed by atoms with Gasteiger partial charge in [0.05, 0.1) is 7.11 Å². The Labute approximate surface area is 201 Å². The molecule has 10 heteroatoms. The molecule has 0 bridgehead atoms. The van der Waals surface area contributed by atoms with Gasteiger partial charge in [0.25, 0.3) is 18.2 Å². The van der Waals surface area contributed by atoms with Gasteiger partial charge in [-0.25, -0.2) is 14.3 Å². The highest BCUT2D eigenvalue weighted by Gasteiger charge is 2.48. The highest BCUT2D eigenvalue weighted by atomic mass is 19.3. The molecule has 0 saturated heterocycles. The first-order chi connectivity index (χ1) is 16.6. The van der Waals surface area contributed by atoms with E-state index < -0.39 is 35.7 Å².